The Hall–Kier alpha value is -0.610. The van der Waals surface area contributed by atoms with Gasteiger partial charge in [0.05, 0.1) is 6.54 Å². The number of piperazine rings is 1. The normalized spacial score (nSPS) is 35.6. The van der Waals surface area contributed by atoms with Gasteiger partial charge in [-0.2, -0.15) is 0 Å². The molecular weight excluding hydrogens is 262 g/mol. The number of hydrogen-bond donors (Lipinski definition) is 1. The van der Waals surface area contributed by atoms with Crippen molar-refractivity contribution < 1.29 is 4.79 Å². The monoisotopic (exact) mass is 293 g/mol. The fraction of sp³-hybridized carbons (Fsp3) is 0.941. The number of nitrogens with zero attached hydrogens (tertiary/aromatic N) is 2. The molecule has 4 heteroatoms. The van der Waals surface area contributed by atoms with Crippen molar-refractivity contribution in [2.45, 2.75) is 58.0 Å². The van der Waals surface area contributed by atoms with Crippen molar-refractivity contribution in [2.75, 3.05) is 32.7 Å². The first-order valence-electron chi connectivity index (χ1n) is 8.89. The maximum absolute atomic E-state index is 12.3. The predicted octanol–water partition coefficient (Wildman–Crippen LogP) is 1.71. The molecule has 21 heavy (non-hydrogen) atoms. The summed E-state index contributed by atoms with van der Waals surface area (Å²) < 4.78 is 0. The molecular formula is C17H31N3O. The van der Waals surface area contributed by atoms with Gasteiger partial charge < -0.3 is 5.32 Å². The molecule has 2 saturated carbocycles. The lowest BCUT2D eigenvalue weighted by molar-refractivity contribution is -0.124. The molecule has 120 valence electrons. The Kier molecular flexibility index (Phi) is 4.85. The minimum atomic E-state index is 0.237. The van der Waals surface area contributed by atoms with Crippen LogP contribution >= 0.6 is 0 Å². The topological polar surface area (TPSA) is 35.6 Å². The lowest BCUT2D eigenvalue weighted by atomic mass is 9.78. The van der Waals surface area contributed by atoms with Crippen molar-refractivity contribution in [3.63, 3.8) is 0 Å². The Balaban J connectivity index is 1.39. The van der Waals surface area contributed by atoms with Crippen LogP contribution in [0, 0.1) is 11.8 Å². The van der Waals surface area contributed by atoms with Gasteiger partial charge in [-0.05, 0) is 31.1 Å². The maximum Gasteiger partial charge on any atom is 0.234 e. The van der Waals surface area contributed by atoms with Crippen molar-refractivity contribution >= 4 is 5.91 Å². The van der Waals surface area contributed by atoms with E-state index in [2.05, 4.69) is 29.0 Å². The molecule has 0 radical (unpaired) electrons. The van der Waals surface area contributed by atoms with Gasteiger partial charge in [-0.15, -0.1) is 0 Å². The molecule has 0 bridgehead atoms. The van der Waals surface area contributed by atoms with Gasteiger partial charge in [0.25, 0.3) is 0 Å². The van der Waals surface area contributed by atoms with E-state index >= 15 is 0 Å². The Morgan fingerprint density at radius 2 is 1.76 bits per heavy atom. The molecule has 1 aliphatic heterocycles. The van der Waals surface area contributed by atoms with E-state index in [9.17, 15) is 4.79 Å². The Morgan fingerprint density at radius 1 is 1.05 bits per heavy atom. The molecule has 3 aliphatic rings. The number of hydrogen-bond acceptors (Lipinski definition) is 3. The largest absolute Gasteiger partial charge is 0.352 e. The second-order valence-corrected chi connectivity index (χ2v) is 7.48. The molecule has 0 aromatic heterocycles. The van der Waals surface area contributed by atoms with E-state index in [-0.39, 0.29) is 5.91 Å². The van der Waals surface area contributed by atoms with E-state index in [0.29, 0.717) is 18.5 Å². The highest BCUT2D eigenvalue weighted by atomic mass is 16.2. The zero-order chi connectivity index (χ0) is 14.8. The molecule has 3 rings (SSSR count). The summed E-state index contributed by atoms with van der Waals surface area (Å²) in [5.74, 6) is 1.60. The first-order chi connectivity index (χ1) is 10.1. The first kappa shape index (κ1) is 15.3. The highest BCUT2D eigenvalue weighted by Crippen LogP contribution is 2.29. The third-order valence-electron chi connectivity index (χ3n) is 5.89. The average molecular weight is 293 g/mol. The van der Waals surface area contributed by atoms with Crippen LogP contribution in [-0.2, 0) is 4.79 Å². The molecule has 1 amide bonds. The molecule has 4 nitrogen and oxygen atoms in total. The number of carbonyl (C=O) groups excluding carboxylic acids is 1. The quantitative estimate of drug-likeness (QED) is 0.857. The van der Waals surface area contributed by atoms with Crippen molar-refractivity contribution in [2.24, 2.45) is 11.8 Å². The molecule has 3 atom stereocenters. The van der Waals surface area contributed by atoms with Gasteiger partial charge in [0, 0.05) is 38.3 Å². The maximum atomic E-state index is 12.3. The van der Waals surface area contributed by atoms with Crippen molar-refractivity contribution in [1.29, 1.82) is 0 Å². The van der Waals surface area contributed by atoms with E-state index in [1.807, 2.05) is 0 Å². The van der Waals surface area contributed by atoms with Crippen LogP contribution in [0.25, 0.3) is 0 Å². The number of nitrogens with one attached hydrogen (secondary N) is 1. The third-order valence-corrected chi connectivity index (χ3v) is 5.89. The van der Waals surface area contributed by atoms with Crippen LogP contribution in [0.1, 0.15) is 46.0 Å². The van der Waals surface area contributed by atoms with E-state index in [4.69, 9.17) is 0 Å². The molecule has 2 aliphatic carbocycles. The second-order valence-electron chi connectivity index (χ2n) is 7.48. The van der Waals surface area contributed by atoms with E-state index in [1.54, 1.807) is 0 Å². The predicted molar refractivity (Wildman–Crippen MR) is 85.1 cm³/mol. The highest BCUT2D eigenvalue weighted by molar-refractivity contribution is 5.78. The zero-order valence-electron chi connectivity index (χ0n) is 13.7. The third kappa shape index (κ3) is 3.98. The molecule has 3 unspecified atom stereocenters. The van der Waals surface area contributed by atoms with Crippen LogP contribution in [-0.4, -0.2) is 60.5 Å². The summed E-state index contributed by atoms with van der Waals surface area (Å²) in [5.41, 5.74) is 0. The van der Waals surface area contributed by atoms with Gasteiger partial charge in [0.15, 0.2) is 0 Å². The van der Waals surface area contributed by atoms with Crippen molar-refractivity contribution in [3.8, 4) is 0 Å². The van der Waals surface area contributed by atoms with E-state index < -0.39 is 0 Å². The van der Waals surface area contributed by atoms with Crippen LogP contribution in [0.3, 0.4) is 0 Å². The molecule has 0 spiro atoms. The van der Waals surface area contributed by atoms with Gasteiger partial charge in [-0.3, -0.25) is 14.6 Å². The average Bonchev–Trinajstić information content (AvgIpc) is 3.29. The smallest absolute Gasteiger partial charge is 0.234 e. The summed E-state index contributed by atoms with van der Waals surface area (Å²) in [6, 6.07) is 1.26. The summed E-state index contributed by atoms with van der Waals surface area (Å²) in [4.78, 5) is 17.2. The minimum absolute atomic E-state index is 0.237. The Bertz CT molecular complexity index is 361. The van der Waals surface area contributed by atoms with Crippen LogP contribution in [0.5, 0.6) is 0 Å². The van der Waals surface area contributed by atoms with Crippen LogP contribution < -0.4 is 5.32 Å². The molecule has 0 aromatic carbocycles. The van der Waals surface area contributed by atoms with E-state index in [0.717, 1.165) is 44.6 Å². The molecule has 0 aromatic rings. The van der Waals surface area contributed by atoms with Crippen molar-refractivity contribution in [3.05, 3.63) is 0 Å². The summed E-state index contributed by atoms with van der Waals surface area (Å²) in [7, 11) is 0. The highest BCUT2D eigenvalue weighted by Gasteiger charge is 2.32. The summed E-state index contributed by atoms with van der Waals surface area (Å²) in [5, 5.41) is 3.30. The van der Waals surface area contributed by atoms with Crippen LogP contribution in [0.2, 0.25) is 0 Å². The van der Waals surface area contributed by atoms with Crippen LogP contribution in [0.4, 0.5) is 0 Å². The standard InChI is InChI=1S/C17H31N3O/c1-13-4-3-5-16(14(13)2)18-17(21)12-19-8-10-20(11-9-19)15-6-7-15/h13-16H,3-12H2,1-2H3,(H,18,21). The van der Waals surface area contributed by atoms with Crippen molar-refractivity contribution in [1.82, 2.24) is 15.1 Å². The zero-order valence-corrected chi connectivity index (χ0v) is 13.7. The Morgan fingerprint density at radius 3 is 2.43 bits per heavy atom. The number of carbonyl (C=O) groups is 1. The fourth-order valence-electron chi connectivity index (χ4n) is 3.97. The molecule has 1 N–H and O–H groups in total. The summed E-state index contributed by atoms with van der Waals surface area (Å²) >= 11 is 0. The van der Waals surface area contributed by atoms with E-state index in [1.165, 1.54) is 25.7 Å². The summed E-state index contributed by atoms with van der Waals surface area (Å²) in [6.07, 6.45) is 6.51. The van der Waals surface area contributed by atoms with Gasteiger partial charge in [-0.25, -0.2) is 0 Å². The first-order valence-corrected chi connectivity index (χ1v) is 8.89. The van der Waals surface area contributed by atoms with Gasteiger partial charge in [0.2, 0.25) is 5.91 Å². The fourth-order valence-corrected chi connectivity index (χ4v) is 3.97. The van der Waals surface area contributed by atoms with Crippen LogP contribution in [0.15, 0.2) is 0 Å². The minimum Gasteiger partial charge on any atom is -0.352 e. The SMILES string of the molecule is CC1CCCC(NC(=O)CN2CCN(C3CC3)CC2)C1C. The molecule has 1 heterocycles. The number of rotatable bonds is 4. The van der Waals surface area contributed by atoms with Gasteiger partial charge in [0.1, 0.15) is 0 Å². The molecule has 3 fully saturated rings. The Labute approximate surface area is 129 Å². The van der Waals surface area contributed by atoms with Gasteiger partial charge in [-0.1, -0.05) is 26.7 Å². The summed E-state index contributed by atoms with van der Waals surface area (Å²) in [6.45, 7) is 9.62. The molecule has 1 saturated heterocycles. The lowest BCUT2D eigenvalue weighted by Crippen LogP contribution is -2.52. The van der Waals surface area contributed by atoms with Gasteiger partial charge >= 0.3 is 0 Å². The second kappa shape index (κ2) is 6.66. The lowest BCUT2D eigenvalue weighted by Gasteiger charge is -2.37. The number of amides is 1.